The number of aliphatic carboxylic acids is 2. The third-order valence-electron chi connectivity index (χ3n) is 5.53. The number of oxime groups is 1. The van der Waals surface area contributed by atoms with E-state index < -0.39 is 65.8 Å². The number of ether oxygens (including phenoxy) is 2. The van der Waals surface area contributed by atoms with Crippen molar-refractivity contribution < 1.29 is 53.3 Å². The van der Waals surface area contributed by atoms with Gasteiger partial charge in [-0.05, 0) is 12.1 Å². The van der Waals surface area contributed by atoms with Crippen LogP contribution in [0, 0.1) is 0 Å². The number of hydrogen-bond acceptors (Lipinski definition) is 14. The van der Waals surface area contributed by atoms with E-state index in [1.807, 2.05) is 0 Å². The zero-order valence-corrected chi connectivity index (χ0v) is 22.7. The van der Waals surface area contributed by atoms with Crippen LogP contribution in [0.1, 0.15) is 22.7 Å². The number of rotatable bonds is 12. The topological polar surface area (TPSA) is 250 Å². The van der Waals surface area contributed by atoms with Gasteiger partial charge in [0.1, 0.15) is 49.5 Å². The molecule has 1 fully saturated rings. The molecule has 3 heterocycles. The van der Waals surface area contributed by atoms with Crippen molar-refractivity contribution >= 4 is 64.5 Å². The van der Waals surface area contributed by atoms with Crippen LogP contribution in [0.2, 0.25) is 0 Å². The van der Waals surface area contributed by atoms with Crippen LogP contribution in [0.4, 0.5) is 0 Å². The second-order valence-corrected chi connectivity index (χ2v) is 10.5. The summed E-state index contributed by atoms with van der Waals surface area (Å²) in [6.45, 7) is 0.299. The molecule has 0 aliphatic carbocycles. The normalized spacial score (nSPS) is 20.1. The van der Waals surface area contributed by atoms with Crippen LogP contribution in [0.15, 0.2) is 28.6 Å². The van der Waals surface area contributed by atoms with E-state index in [2.05, 4.69) is 10.5 Å². The molecule has 2 aliphatic heterocycles. The zero-order valence-electron chi connectivity index (χ0n) is 21.0. The highest BCUT2D eigenvalue weighted by Gasteiger charge is 2.54. The summed E-state index contributed by atoms with van der Waals surface area (Å²) >= 11 is 2.09. The molecule has 1 aromatic heterocycles. The van der Waals surface area contributed by atoms with Crippen LogP contribution >= 0.6 is 23.1 Å². The third kappa shape index (κ3) is 6.58. The van der Waals surface area contributed by atoms with Gasteiger partial charge >= 0.3 is 23.9 Å². The molecule has 4 atom stereocenters. The fourth-order valence-corrected chi connectivity index (χ4v) is 5.88. The van der Waals surface area contributed by atoms with Crippen molar-refractivity contribution in [3.8, 4) is 0 Å². The molecule has 0 radical (unpaired) electrons. The minimum Gasteiger partial charge on any atom is -0.480 e. The van der Waals surface area contributed by atoms with E-state index in [4.69, 9.17) is 30.9 Å². The molecule has 0 spiro atoms. The highest BCUT2D eigenvalue weighted by Crippen LogP contribution is 2.40. The molecule has 0 saturated carbocycles. The van der Waals surface area contributed by atoms with Crippen molar-refractivity contribution in [1.29, 1.82) is 0 Å². The molecule has 216 valence electrons. The number of nitrogens with two attached hydrogens (primary N) is 2. The summed E-state index contributed by atoms with van der Waals surface area (Å²) in [6.07, 6.45) is 0. The first kappa shape index (κ1) is 30.5. The number of nitrogens with one attached hydrogen (secondary N) is 1. The number of carbonyl (C=O) groups excluding carboxylic acids is 4. The van der Waals surface area contributed by atoms with Gasteiger partial charge in [0.15, 0.2) is 5.71 Å². The summed E-state index contributed by atoms with van der Waals surface area (Å²) in [5.74, 6) is -5.63. The van der Waals surface area contributed by atoms with Crippen molar-refractivity contribution in [2.24, 2.45) is 16.6 Å². The van der Waals surface area contributed by atoms with Crippen LogP contribution in [0.5, 0.6) is 0 Å². The van der Waals surface area contributed by atoms with Gasteiger partial charge < -0.3 is 41.3 Å². The molecule has 16 nitrogen and oxygen atoms in total. The lowest BCUT2D eigenvalue weighted by Gasteiger charge is -2.49. The Bertz CT molecular complexity index is 1290. The molecule has 0 aromatic carbocycles. The Morgan fingerprint density at radius 1 is 1.20 bits per heavy atom. The smallest absolute Gasteiger partial charge is 0.352 e. The van der Waals surface area contributed by atoms with Crippen LogP contribution in [-0.4, -0.2) is 100 Å². The van der Waals surface area contributed by atoms with E-state index >= 15 is 0 Å². The van der Waals surface area contributed by atoms with E-state index in [1.54, 1.807) is 0 Å². The van der Waals surface area contributed by atoms with Gasteiger partial charge in [0, 0.05) is 23.1 Å². The molecule has 18 heteroatoms. The number of β-lactam (4-membered cyclic amide) rings is 1. The maximum atomic E-state index is 13.1. The summed E-state index contributed by atoms with van der Waals surface area (Å²) in [5, 5.41) is 24.0. The van der Waals surface area contributed by atoms with Crippen LogP contribution in [0.25, 0.3) is 0 Å². The Balaban J connectivity index is 1.71. The predicted octanol–water partition coefficient (Wildman–Crippen LogP) is -1.64. The monoisotopic (exact) mass is 599 g/mol. The van der Waals surface area contributed by atoms with E-state index in [1.165, 1.54) is 37.9 Å². The van der Waals surface area contributed by atoms with E-state index in [9.17, 15) is 33.9 Å². The van der Waals surface area contributed by atoms with Gasteiger partial charge in [0.2, 0.25) is 0 Å². The van der Waals surface area contributed by atoms with Crippen LogP contribution in [-0.2, 0) is 43.1 Å². The van der Waals surface area contributed by atoms with Crippen molar-refractivity contribution in [2.45, 2.75) is 30.4 Å². The first-order valence-corrected chi connectivity index (χ1v) is 13.2. The summed E-state index contributed by atoms with van der Waals surface area (Å²) in [6, 6.07) is -0.948. The van der Waals surface area contributed by atoms with Crippen molar-refractivity contribution in [2.75, 3.05) is 26.1 Å². The van der Waals surface area contributed by atoms with Crippen LogP contribution < -0.4 is 16.8 Å². The van der Waals surface area contributed by atoms with E-state index in [-0.39, 0.29) is 39.1 Å². The predicted molar refractivity (Wildman–Crippen MR) is 138 cm³/mol. The summed E-state index contributed by atoms with van der Waals surface area (Å²) in [7, 11) is 1.19. The van der Waals surface area contributed by atoms with Gasteiger partial charge in [0.25, 0.3) is 11.8 Å². The molecule has 2 aliphatic rings. The van der Waals surface area contributed by atoms with Gasteiger partial charge in [-0.25, -0.2) is 9.59 Å². The molecule has 40 heavy (non-hydrogen) atoms. The number of carboxylic acids is 2. The number of fused-ring (bicyclic) bond motifs is 1. The first-order chi connectivity index (χ1) is 18.9. The Kier molecular flexibility index (Phi) is 9.85. The number of thiophene rings is 1. The highest BCUT2D eigenvalue weighted by molar-refractivity contribution is 8.00. The van der Waals surface area contributed by atoms with E-state index in [0.717, 1.165) is 16.2 Å². The van der Waals surface area contributed by atoms with Gasteiger partial charge in [-0.3, -0.25) is 24.1 Å². The molecule has 3 rings (SSSR count). The Morgan fingerprint density at radius 3 is 2.50 bits per heavy atom. The number of nitrogens with zero attached hydrogens (tertiary/aromatic N) is 2. The minimum absolute atomic E-state index is 0.147. The standard InChI is InChI=1S/C22H25N5O11S2/c1-8(28)37-5-9-7-39-19-15(18(30)27(19)16(9)21(33)34)25-17(29)14(26-36-2)12-4-3-11(40-12)13(24)22(35)38-6-10(23)20(31)32/h3-4,10,13,15,19H,5-7,23-24H2,1-2H3,(H,25,29)(H,31,32)(H,33,34)/b26-14+/t10-,13?,15-,19-/m1/s1. The molecule has 2 amide bonds. The van der Waals surface area contributed by atoms with Crippen molar-refractivity contribution in [3.05, 3.63) is 33.2 Å². The van der Waals surface area contributed by atoms with Crippen molar-refractivity contribution in [1.82, 2.24) is 10.2 Å². The molecule has 1 saturated heterocycles. The maximum Gasteiger partial charge on any atom is 0.352 e. The molecule has 0 bridgehead atoms. The van der Waals surface area contributed by atoms with E-state index in [0.29, 0.717) is 0 Å². The fourth-order valence-electron chi connectivity index (χ4n) is 3.58. The number of hydrogen-bond donors (Lipinski definition) is 5. The number of carboxylic acid groups (broad SMARTS) is 2. The van der Waals surface area contributed by atoms with Gasteiger partial charge in [-0.1, -0.05) is 5.16 Å². The average Bonchev–Trinajstić information content (AvgIpc) is 3.40. The SMILES string of the molecule is CO/N=C(/C(=O)N[C@@H]1C(=O)N2C(C(=O)O)=C(COC(C)=O)CS[C@H]12)c1ccc(C(N)C(=O)OC[C@@H](N)C(=O)O)s1. The number of thioether (sulfide) groups is 1. The molecule has 1 unspecified atom stereocenters. The number of carbonyl (C=O) groups is 6. The molecule has 1 aromatic rings. The lowest BCUT2D eigenvalue weighted by molar-refractivity contribution is -0.150. The van der Waals surface area contributed by atoms with Gasteiger partial charge in [0.05, 0.1) is 4.88 Å². The summed E-state index contributed by atoms with van der Waals surface area (Å²) in [4.78, 5) is 78.2. The summed E-state index contributed by atoms with van der Waals surface area (Å²) < 4.78 is 9.72. The first-order valence-electron chi connectivity index (χ1n) is 11.3. The minimum atomic E-state index is -1.42. The fraction of sp³-hybridized carbons (Fsp3) is 0.409. The second-order valence-electron chi connectivity index (χ2n) is 8.28. The maximum absolute atomic E-state index is 13.1. The lowest BCUT2D eigenvalue weighted by Crippen LogP contribution is -2.71. The second kappa shape index (κ2) is 12.9. The largest absolute Gasteiger partial charge is 0.480 e. The molecular weight excluding hydrogens is 574 g/mol. The summed E-state index contributed by atoms with van der Waals surface area (Å²) in [5.41, 5.74) is 10.9. The van der Waals surface area contributed by atoms with Crippen LogP contribution in [0.3, 0.4) is 0 Å². The lowest BCUT2D eigenvalue weighted by atomic mass is 10.0. The number of amides is 2. The van der Waals surface area contributed by atoms with Gasteiger partial charge in [-0.2, -0.15) is 0 Å². The zero-order chi connectivity index (χ0) is 29.7. The Labute approximate surface area is 234 Å². The highest BCUT2D eigenvalue weighted by atomic mass is 32.2. The third-order valence-corrected chi connectivity index (χ3v) is 8.04. The molecular formula is C22H25N5O11S2. The quantitative estimate of drug-likeness (QED) is 0.0782. The Morgan fingerprint density at radius 2 is 1.90 bits per heavy atom. The van der Waals surface area contributed by atoms with Gasteiger partial charge in [-0.15, -0.1) is 23.1 Å². The molecule has 7 N–H and O–H groups in total. The number of esters is 2. The average molecular weight is 600 g/mol. The van der Waals surface area contributed by atoms with Crippen molar-refractivity contribution in [3.63, 3.8) is 0 Å². The Hall–Kier alpha value is -4.00.